The van der Waals surface area contributed by atoms with Crippen LogP contribution in [0.5, 0.6) is 11.5 Å². The third-order valence-corrected chi connectivity index (χ3v) is 23.6. The van der Waals surface area contributed by atoms with Gasteiger partial charge in [-0.3, -0.25) is 47.9 Å². The summed E-state index contributed by atoms with van der Waals surface area (Å²) in [6.45, 7) is 13.5. The van der Waals surface area contributed by atoms with Crippen molar-refractivity contribution < 1.29 is 70.9 Å². The number of aromatic nitrogens is 6. The van der Waals surface area contributed by atoms with Gasteiger partial charge in [-0.25, -0.2) is 22.6 Å². The third-order valence-electron chi connectivity index (χ3n) is 21.8. The van der Waals surface area contributed by atoms with Gasteiger partial charge in [-0.15, -0.1) is 10.2 Å². The smallest absolute Gasteiger partial charge is 0.326 e. The molecule has 8 heterocycles. The standard InChI is InChI=1S/C83H101N17O15S/c1-47(84-9)72(101)90-70(82(3,4)5)79(108)97-35-33-66-68(97)77(106)87-62(41-51-19-25-53-15-11-13-17-55(53)37-51)74(103)86-64(76(105)94-116(112,113)61-31-32-61)39-49-21-27-59(28-22-49)114-45-57-43-100(96-92-57)67-34-36-98(80(109)71(83(6,7)8)91-73(102)48(2)85-10)69(67)78(107)88-63(42-52-20-26-54-16-12-14-18-56(54)38-52)75(104)89-65(81(110)111)40-50-23-29-60(30-24-50)115-46-58-44-99(66)95-93-58/h11-30,37-38,43-44,47-48,61-71,84-85H,31-36,39-42,45-46H2,1-10H3,(H,86,103)(H,87,106)(H,88,107)(H,89,104)(H,90,101)(H,91,102)(H,94,105)(H,110,111)/t47-,48-,62+,63-,64-,65-,66+,67+,68-,69-,70+,71+/m0/s1. The highest BCUT2D eigenvalue weighted by atomic mass is 32.2. The highest BCUT2D eigenvalue weighted by molar-refractivity contribution is 7.91. The number of aliphatic carboxylic acids is 1. The Morgan fingerprint density at radius 1 is 0.526 bits per heavy atom. The maximum atomic E-state index is 15.8. The van der Waals surface area contributed by atoms with E-state index in [4.69, 9.17) is 9.47 Å². The molecule has 0 radical (unpaired) electrons. The number of likely N-dealkylation sites (N-methyl/N-ethyl adjacent to an activating group) is 2. The molecular formula is C83H101N17O15S. The van der Waals surface area contributed by atoms with E-state index in [-0.39, 0.29) is 76.2 Å². The van der Waals surface area contributed by atoms with Crippen LogP contribution in [0.2, 0.25) is 0 Å². The molecule has 3 fully saturated rings. The minimum absolute atomic E-state index is 0.0226. The van der Waals surface area contributed by atoms with E-state index < -0.39 is 158 Å². The summed E-state index contributed by atoms with van der Waals surface area (Å²) in [5.74, 6) is -7.33. The van der Waals surface area contributed by atoms with Crippen LogP contribution in [-0.2, 0) is 96.9 Å². The predicted octanol–water partition coefficient (Wildman–Crippen LogP) is 3.81. The molecule has 7 aliphatic rings. The first-order chi connectivity index (χ1) is 55.2. The number of likely N-dealkylation sites (tertiary alicyclic amines) is 2. The Bertz CT molecular complexity index is 5100. The van der Waals surface area contributed by atoms with Crippen LogP contribution in [0.4, 0.5) is 0 Å². The van der Waals surface area contributed by atoms with Crippen molar-refractivity contribution >= 4 is 90.7 Å². The van der Waals surface area contributed by atoms with Crippen LogP contribution in [0.25, 0.3) is 21.5 Å². The maximum absolute atomic E-state index is 15.8. The van der Waals surface area contributed by atoms with Crippen LogP contribution >= 0.6 is 0 Å². The van der Waals surface area contributed by atoms with Gasteiger partial charge in [-0.2, -0.15) is 0 Å². The van der Waals surface area contributed by atoms with Gasteiger partial charge in [-0.05, 0) is 133 Å². The summed E-state index contributed by atoms with van der Waals surface area (Å²) < 4.78 is 44.7. The van der Waals surface area contributed by atoms with Gasteiger partial charge in [0.15, 0.2) is 0 Å². The van der Waals surface area contributed by atoms with Crippen molar-refractivity contribution in [2.75, 3.05) is 27.2 Å². The van der Waals surface area contributed by atoms with Crippen molar-refractivity contribution in [3.63, 3.8) is 0 Å². The van der Waals surface area contributed by atoms with Crippen LogP contribution in [0.3, 0.4) is 0 Å². The Morgan fingerprint density at radius 3 is 1.31 bits per heavy atom. The molecule has 6 aromatic carbocycles. The molecule has 0 spiro atoms. The van der Waals surface area contributed by atoms with Gasteiger partial charge in [-0.1, -0.05) is 161 Å². The van der Waals surface area contributed by atoms with Crippen molar-refractivity contribution in [1.29, 1.82) is 0 Å². The van der Waals surface area contributed by atoms with Crippen LogP contribution in [0.1, 0.15) is 127 Å². The molecule has 116 heavy (non-hydrogen) atoms. The highest BCUT2D eigenvalue weighted by Crippen LogP contribution is 2.36. The normalized spacial score (nSPS) is 21.9. The number of carboxylic acids is 1. The SMILES string of the molecule is CN[C@@H](C)C(=O)N[C@H](C(=O)N1CC[C@@H]2[C@H]1C(=O)N[C@@H](Cc1ccc3ccccc3c1)C(=O)N[C@H](C(=O)O)Cc1ccc(cc1)OCc1cn(nn1)[C@@H]1CCN(C(=O)[C@@H](NC(=O)[C@H](C)NC)C(C)(C)C)[C@@H]1C(=O)N[C@H](Cc1ccc3ccccc3c1)C(=O)N[C@H](C(=O)NS(=O)(=O)C1CC1)Cc1ccc(cc1)OCc1cn2nn1)C(C)(C)C. The number of carbonyl (C=O) groups is 10. The Kier molecular flexibility index (Phi) is 25.7. The van der Waals surface area contributed by atoms with Gasteiger partial charge in [0.2, 0.25) is 57.3 Å². The molecule has 8 bridgehead atoms. The fourth-order valence-corrected chi connectivity index (χ4v) is 16.1. The van der Waals surface area contributed by atoms with Gasteiger partial charge in [0.25, 0.3) is 5.91 Å². The molecule has 8 aromatic rings. The van der Waals surface area contributed by atoms with Crippen LogP contribution in [0.15, 0.2) is 146 Å². The van der Waals surface area contributed by atoms with Crippen molar-refractivity contribution in [3.8, 4) is 11.5 Å². The number of carboxylic acid groups (broad SMARTS) is 1. The van der Waals surface area contributed by atoms with Crippen molar-refractivity contribution in [2.24, 2.45) is 10.8 Å². The number of fused-ring (bicyclic) bond motifs is 2. The summed E-state index contributed by atoms with van der Waals surface area (Å²) in [6, 6.07) is 24.3. The number of rotatable bonds is 16. The van der Waals surface area contributed by atoms with Crippen LogP contribution in [0, 0.1) is 10.8 Å². The molecule has 9 amide bonds. The topological polar surface area (TPSA) is 420 Å². The van der Waals surface area contributed by atoms with Gasteiger partial charge in [0.1, 0.15) is 84.4 Å². The first-order valence-electron chi connectivity index (χ1n) is 39.0. The average molecular weight is 1610 g/mol. The highest BCUT2D eigenvalue weighted by Gasteiger charge is 2.51. The molecule has 10 N–H and O–H groups in total. The monoisotopic (exact) mass is 1610 g/mol. The molecular weight excluding hydrogens is 1510 g/mol. The zero-order valence-corrected chi connectivity index (χ0v) is 67.3. The molecule has 1 aliphatic carbocycles. The second kappa shape index (κ2) is 35.6. The summed E-state index contributed by atoms with van der Waals surface area (Å²) in [5, 5.41) is 54.2. The third kappa shape index (κ3) is 20.1. The molecule has 32 nitrogen and oxygen atoms in total. The van der Waals surface area contributed by atoms with E-state index >= 15 is 28.8 Å². The van der Waals surface area contributed by atoms with E-state index in [9.17, 15) is 32.7 Å². The van der Waals surface area contributed by atoms with Gasteiger partial charge < -0.3 is 66.9 Å². The Hall–Kier alpha value is -11.7. The Balaban J connectivity index is 0.908. The van der Waals surface area contributed by atoms with E-state index in [2.05, 4.69) is 67.9 Å². The van der Waals surface area contributed by atoms with E-state index in [1.54, 1.807) is 143 Å². The minimum Gasteiger partial charge on any atom is -0.487 e. The first-order valence-corrected chi connectivity index (χ1v) is 40.5. The molecule has 15 rings (SSSR count). The van der Waals surface area contributed by atoms with E-state index in [1.165, 1.54) is 19.2 Å². The van der Waals surface area contributed by atoms with Crippen LogP contribution < -0.4 is 56.7 Å². The lowest BCUT2D eigenvalue weighted by Gasteiger charge is -2.37. The lowest BCUT2D eigenvalue weighted by molar-refractivity contribution is -0.145. The molecule has 1 saturated carbocycles. The number of sulfonamides is 1. The summed E-state index contributed by atoms with van der Waals surface area (Å²) in [4.78, 5) is 151. The molecule has 0 unspecified atom stereocenters. The zero-order valence-electron chi connectivity index (χ0n) is 66.5. The van der Waals surface area contributed by atoms with E-state index in [0.29, 0.717) is 46.6 Å². The molecule has 2 aromatic heterocycles. The summed E-state index contributed by atoms with van der Waals surface area (Å²) in [6.07, 6.45) is 3.17. The summed E-state index contributed by atoms with van der Waals surface area (Å²) >= 11 is 0. The zero-order chi connectivity index (χ0) is 83.1. The second-order valence-electron chi connectivity index (χ2n) is 32.5. The van der Waals surface area contributed by atoms with E-state index in [0.717, 1.165) is 21.5 Å². The molecule has 2 saturated heterocycles. The number of hydrogen-bond donors (Lipinski definition) is 10. The minimum atomic E-state index is -4.20. The quantitative estimate of drug-likeness (QED) is 0.0657. The largest absolute Gasteiger partial charge is 0.487 e. The van der Waals surface area contributed by atoms with Gasteiger partial charge in [0.05, 0.1) is 41.8 Å². The lowest BCUT2D eigenvalue weighted by atomic mass is 9.85. The molecule has 33 heteroatoms. The van der Waals surface area contributed by atoms with Crippen molar-refractivity contribution in [1.82, 2.24) is 87.0 Å². The van der Waals surface area contributed by atoms with Crippen molar-refractivity contribution in [3.05, 3.63) is 179 Å². The Morgan fingerprint density at radius 2 is 0.922 bits per heavy atom. The number of nitrogens with one attached hydrogen (secondary N) is 9. The summed E-state index contributed by atoms with van der Waals surface area (Å²) in [5.41, 5.74) is 0.815. The maximum Gasteiger partial charge on any atom is 0.326 e. The average Bonchev–Trinajstić information content (AvgIpc) is 1.63. The van der Waals surface area contributed by atoms with Gasteiger partial charge in [0, 0.05) is 38.8 Å². The van der Waals surface area contributed by atoms with Crippen molar-refractivity contribution in [2.45, 2.75) is 198 Å². The summed E-state index contributed by atoms with van der Waals surface area (Å²) in [7, 11) is -0.997. The molecule has 614 valence electrons. The number of nitrogens with zero attached hydrogens (tertiary/aromatic N) is 8. The van der Waals surface area contributed by atoms with Crippen LogP contribution in [-0.4, -0.2) is 205 Å². The lowest BCUT2D eigenvalue weighted by Crippen LogP contribution is -2.62. The number of hydrogen-bond acceptors (Lipinski definition) is 20. The molecule has 6 aliphatic heterocycles. The first kappa shape index (κ1) is 83.7. The Labute approximate surface area is 672 Å². The number of ether oxygens (including phenoxy) is 2. The molecule has 12 atom stereocenters. The predicted molar refractivity (Wildman–Crippen MR) is 428 cm³/mol. The number of benzene rings is 6. The number of amides is 9. The fourth-order valence-electron chi connectivity index (χ4n) is 14.7. The fraction of sp³-hybridized carbons (Fsp3) is 0.446. The number of carbonyl (C=O) groups excluding carboxylic acids is 9. The van der Waals surface area contributed by atoms with E-state index in [1.807, 2.05) is 72.8 Å². The van der Waals surface area contributed by atoms with Gasteiger partial charge >= 0.3 is 5.97 Å². The second-order valence-corrected chi connectivity index (χ2v) is 34.5.